The van der Waals surface area contributed by atoms with Crippen LogP contribution in [-0.2, 0) is 11.3 Å². The monoisotopic (exact) mass is 281 g/mol. The van der Waals surface area contributed by atoms with Crippen LogP contribution >= 0.6 is 0 Å². The lowest BCUT2D eigenvalue weighted by Gasteiger charge is -2.08. The Labute approximate surface area is 125 Å². The second-order valence-corrected chi connectivity index (χ2v) is 4.78. The molecule has 21 heavy (non-hydrogen) atoms. The molecule has 0 aliphatic rings. The molecule has 3 heteroatoms. The zero-order valence-corrected chi connectivity index (χ0v) is 12.3. The Bertz CT molecular complexity index is 647. The van der Waals surface area contributed by atoms with Gasteiger partial charge in [-0.05, 0) is 24.6 Å². The molecule has 0 heterocycles. The van der Waals surface area contributed by atoms with Crippen LogP contribution in [0.1, 0.15) is 16.7 Å². The Hall–Kier alpha value is -2.55. The molecule has 0 aromatic heterocycles. The molecular formula is C18H19NO2. The van der Waals surface area contributed by atoms with E-state index < -0.39 is 0 Å². The summed E-state index contributed by atoms with van der Waals surface area (Å²) in [6.07, 6.45) is 3.36. The van der Waals surface area contributed by atoms with Crippen LogP contribution in [0.5, 0.6) is 5.75 Å². The lowest BCUT2D eigenvalue weighted by atomic mass is 10.1. The summed E-state index contributed by atoms with van der Waals surface area (Å²) >= 11 is 0. The van der Waals surface area contributed by atoms with Gasteiger partial charge in [-0.1, -0.05) is 48.0 Å². The van der Waals surface area contributed by atoms with Gasteiger partial charge in [0, 0.05) is 18.2 Å². The number of hydrogen-bond acceptors (Lipinski definition) is 2. The van der Waals surface area contributed by atoms with Crippen molar-refractivity contribution >= 4 is 12.0 Å². The van der Waals surface area contributed by atoms with E-state index in [0.29, 0.717) is 6.54 Å². The van der Waals surface area contributed by atoms with Gasteiger partial charge in [-0.2, -0.15) is 0 Å². The molecular weight excluding hydrogens is 262 g/mol. The minimum absolute atomic E-state index is 0.123. The Kier molecular flexibility index (Phi) is 5.16. The van der Waals surface area contributed by atoms with Gasteiger partial charge in [0.25, 0.3) is 0 Å². The third-order valence-corrected chi connectivity index (χ3v) is 3.11. The quantitative estimate of drug-likeness (QED) is 0.854. The molecule has 1 amide bonds. The van der Waals surface area contributed by atoms with Gasteiger partial charge in [-0.15, -0.1) is 0 Å². The summed E-state index contributed by atoms with van der Waals surface area (Å²) in [5, 5.41) is 2.85. The van der Waals surface area contributed by atoms with Gasteiger partial charge < -0.3 is 10.1 Å². The minimum Gasteiger partial charge on any atom is -0.496 e. The second kappa shape index (κ2) is 7.29. The van der Waals surface area contributed by atoms with Crippen molar-refractivity contribution in [3.63, 3.8) is 0 Å². The molecule has 0 unspecified atom stereocenters. The number of ether oxygens (including phenoxy) is 1. The molecule has 0 saturated carbocycles. The average molecular weight is 281 g/mol. The number of carbonyl (C=O) groups is 1. The molecule has 2 aromatic carbocycles. The van der Waals surface area contributed by atoms with Crippen molar-refractivity contribution in [2.24, 2.45) is 0 Å². The van der Waals surface area contributed by atoms with Gasteiger partial charge in [-0.25, -0.2) is 0 Å². The van der Waals surface area contributed by atoms with Crippen LogP contribution in [0.3, 0.4) is 0 Å². The summed E-state index contributed by atoms with van der Waals surface area (Å²) in [7, 11) is 1.62. The Morgan fingerprint density at radius 3 is 2.76 bits per heavy atom. The number of nitrogens with one attached hydrogen (secondary N) is 1. The number of hydrogen-bond donors (Lipinski definition) is 1. The van der Waals surface area contributed by atoms with E-state index in [1.807, 2.05) is 61.5 Å². The van der Waals surface area contributed by atoms with Crippen molar-refractivity contribution in [2.45, 2.75) is 13.5 Å². The third kappa shape index (κ3) is 4.49. The second-order valence-electron chi connectivity index (χ2n) is 4.78. The number of para-hydroxylation sites is 1. The van der Waals surface area contributed by atoms with E-state index in [-0.39, 0.29) is 5.91 Å². The fourth-order valence-corrected chi connectivity index (χ4v) is 2.04. The highest BCUT2D eigenvalue weighted by atomic mass is 16.5. The van der Waals surface area contributed by atoms with Gasteiger partial charge in [0.1, 0.15) is 5.75 Å². The van der Waals surface area contributed by atoms with Crippen LogP contribution in [0.15, 0.2) is 54.6 Å². The van der Waals surface area contributed by atoms with Gasteiger partial charge >= 0.3 is 0 Å². The first kappa shape index (κ1) is 14.9. The number of benzene rings is 2. The topological polar surface area (TPSA) is 38.3 Å². The van der Waals surface area contributed by atoms with Crippen molar-refractivity contribution in [2.75, 3.05) is 7.11 Å². The molecule has 0 bridgehead atoms. The zero-order chi connectivity index (χ0) is 15.1. The minimum atomic E-state index is -0.123. The molecule has 0 radical (unpaired) electrons. The maximum atomic E-state index is 11.8. The van der Waals surface area contributed by atoms with E-state index in [1.54, 1.807) is 13.2 Å². The highest BCUT2D eigenvalue weighted by molar-refractivity contribution is 5.91. The Balaban J connectivity index is 1.93. The molecule has 0 atom stereocenters. The standard InChI is InChI=1S/C18H19NO2/c1-14-6-5-7-15(12-14)10-11-18(20)19-13-16-8-3-4-9-17(16)21-2/h3-12H,13H2,1-2H3,(H,19,20). The van der Waals surface area contributed by atoms with E-state index in [2.05, 4.69) is 5.32 Å². The van der Waals surface area contributed by atoms with E-state index in [9.17, 15) is 4.79 Å². The molecule has 2 aromatic rings. The van der Waals surface area contributed by atoms with Crippen LogP contribution in [0.4, 0.5) is 0 Å². The first-order valence-electron chi connectivity index (χ1n) is 6.83. The highest BCUT2D eigenvalue weighted by Crippen LogP contribution is 2.16. The van der Waals surface area contributed by atoms with Crippen molar-refractivity contribution in [1.29, 1.82) is 0 Å². The fraction of sp³-hybridized carbons (Fsp3) is 0.167. The largest absolute Gasteiger partial charge is 0.496 e. The number of methoxy groups -OCH3 is 1. The molecule has 0 saturated heterocycles. The van der Waals surface area contributed by atoms with E-state index in [4.69, 9.17) is 4.74 Å². The zero-order valence-electron chi connectivity index (χ0n) is 12.3. The summed E-state index contributed by atoms with van der Waals surface area (Å²) in [6, 6.07) is 15.6. The SMILES string of the molecule is COc1ccccc1CNC(=O)C=Cc1cccc(C)c1. The normalized spacial score (nSPS) is 10.6. The Morgan fingerprint density at radius 1 is 1.19 bits per heavy atom. The van der Waals surface area contributed by atoms with Crippen LogP contribution in [0.25, 0.3) is 6.08 Å². The lowest BCUT2D eigenvalue weighted by Crippen LogP contribution is -2.20. The molecule has 0 aliphatic carbocycles. The molecule has 108 valence electrons. The summed E-state index contributed by atoms with van der Waals surface area (Å²) in [4.78, 5) is 11.8. The summed E-state index contributed by atoms with van der Waals surface area (Å²) < 4.78 is 5.25. The molecule has 2 rings (SSSR count). The highest BCUT2D eigenvalue weighted by Gasteiger charge is 2.02. The Morgan fingerprint density at radius 2 is 2.00 bits per heavy atom. The molecule has 3 nitrogen and oxygen atoms in total. The average Bonchev–Trinajstić information content (AvgIpc) is 2.51. The summed E-state index contributed by atoms with van der Waals surface area (Å²) in [6.45, 7) is 2.47. The van der Waals surface area contributed by atoms with Gasteiger partial charge in [0.05, 0.1) is 7.11 Å². The van der Waals surface area contributed by atoms with Crippen LogP contribution in [-0.4, -0.2) is 13.0 Å². The van der Waals surface area contributed by atoms with Gasteiger partial charge in [-0.3, -0.25) is 4.79 Å². The fourth-order valence-electron chi connectivity index (χ4n) is 2.04. The number of rotatable bonds is 5. The predicted molar refractivity (Wildman–Crippen MR) is 85.1 cm³/mol. The molecule has 0 fully saturated rings. The van der Waals surface area contributed by atoms with E-state index >= 15 is 0 Å². The van der Waals surface area contributed by atoms with Gasteiger partial charge in [0.15, 0.2) is 0 Å². The molecule has 1 N–H and O–H groups in total. The third-order valence-electron chi connectivity index (χ3n) is 3.11. The number of carbonyl (C=O) groups excluding carboxylic acids is 1. The lowest BCUT2D eigenvalue weighted by molar-refractivity contribution is -0.116. The van der Waals surface area contributed by atoms with Crippen molar-refractivity contribution in [1.82, 2.24) is 5.32 Å². The van der Waals surface area contributed by atoms with Crippen molar-refractivity contribution in [3.05, 3.63) is 71.3 Å². The van der Waals surface area contributed by atoms with Crippen molar-refractivity contribution < 1.29 is 9.53 Å². The summed E-state index contributed by atoms with van der Waals surface area (Å²) in [5.41, 5.74) is 3.14. The predicted octanol–water partition coefficient (Wildman–Crippen LogP) is 3.33. The summed E-state index contributed by atoms with van der Waals surface area (Å²) in [5.74, 6) is 0.655. The first-order valence-corrected chi connectivity index (χ1v) is 6.83. The van der Waals surface area contributed by atoms with Crippen molar-refractivity contribution in [3.8, 4) is 5.75 Å². The van der Waals surface area contributed by atoms with E-state index in [1.165, 1.54) is 5.56 Å². The molecule has 0 aliphatic heterocycles. The van der Waals surface area contributed by atoms with Gasteiger partial charge in [0.2, 0.25) is 5.91 Å². The van der Waals surface area contributed by atoms with E-state index in [0.717, 1.165) is 16.9 Å². The smallest absolute Gasteiger partial charge is 0.244 e. The maximum Gasteiger partial charge on any atom is 0.244 e. The maximum absolute atomic E-state index is 11.8. The first-order chi connectivity index (χ1) is 10.2. The number of amides is 1. The van der Waals surface area contributed by atoms with Crippen LogP contribution in [0, 0.1) is 6.92 Å². The van der Waals surface area contributed by atoms with Crippen LogP contribution < -0.4 is 10.1 Å². The molecule has 0 spiro atoms. The number of aryl methyl sites for hydroxylation is 1. The van der Waals surface area contributed by atoms with Crippen LogP contribution in [0.2, 0.25) is 0 Å².